The van der Waals surface area contributed by atoms with Crippen LogP contribution in [0.1, 0.15) is 62.3 Å². The van der Waals surface area contributed by atoms with Gasteiger partial charge in [-0.05, 0) is 30.4 Å². The van der Waals surface area contributed by atoms with Gasteiger partial charge in [-0.2, -0.15) is 5.10 Å². The lowest BCUT2D eigenvalue weighted by atomic mass is 10.1. The molecule has 0 aliphatic rings. The Morgan fingerprint density at radius 3 is 2.74 bits per heavy atom. The quantitative estimate of drug-likeness (QED) is 0.410. The van der Waals surface area contributed by atoms with E-state index in [1.807, 2.05) is 18.4 Å². The largest absolute Gasteiger partial charge is 0.273 e. The zero-order valence-electron chi connectivity index (χ0n) is 11.9. The highest BCUT2D eigenvalue weighted by Gasteiger charge is 1.99. The van der Waals surface area contributed by atoms with Crippen LogP contribution in [0.15, 0.2) is 16.5 Å². The summed E-state index contributed by atoms with van der Waals surface area (Å²) in [5.74, 6) is 0.0148. The Kier molecular flexibility index (Phi) is 8.14. The summed E-state index contributed by atoms with van der Waals surface area (Å²) >= 11 is 1.63. The highest BCUT2D eigenvalue weighted by Crippen LogP contribution is 2.12. The van der Waals surface area contributed by atoms with Crippen molar-refractivity contribution in [1.29, 1.82) is 0 Å². The van der Waals surface area contributed by atoms with Crippen molar-refractivity contribution in [2.75, 3.05) is 0 Å². The van der Waals surface area contributed by atoms with E-state index in [1.165, 1.54) is 31.2 Å². The standard InChI is InChI=1S/C15H24N2OS/c1-3-4-5-6-7-8-9-15(18)17-16-12-14-13(2)10-11-19-14/h10-12H,3-9H2,1-2H3,(H,17,18)/b16-12+. The Morgan fingerprint density at radius 1 is 1.32 bits per heavy atom. The maximum atomic E-state index is 11.5. The summed E-state index contributed by atoms with van der Waals surface area (Å²) in [5, 5.41) is 6.01. The molecule has 0 bridgehead atoms. The number of carbonyl (C=O) groups excluding carboxylic acids is 1. The second-order valence-corrected chi connectivity index (χ2v) is 5.73. The van der Waals surface area contributed by atoms with Crippen LogP contribution in [0.25, 0.3) is 0 Å². The average Bonchev–Trinajstić information content (AvgIpc) is 2.79. The SMILES string of the molecule is CCCCCCCCC(=O)N/N=C/c1sccc1C. The molecule has 0 saturated carbocycles. The predicted octanol–water partition coefficient (Wildman–Crippen LogP) is 4.26. The Hall–Kier alpha value is -1.16. The van der Waals surface area contributed by atoms with Crippen LogP contribution >= 0.6 is 11.3 Å². The van der Waals surface area contributed by atoms with Crippen LogP contribution in [0.5, 0.6) is 0 Å². The van der Waals surface area contributed by atoms with Crippen LogP contribution in [0.2, 0.25) is 0 Å². The Bertz CT molecular complexity index is 399. The predicted molar refractivity (Wildman–Crippen MR) is 82.8 cm³/mol. The van der Waals surface area contributed by atoms with Gasteiger partial charge >= 0.3 is 0 Å². The van der Waals surface area contributed by atoms with Crippen LogP contribution in [0.4, 0.5) is 0 Å². The molecular formula is C15H24N2OS. The zero-order chi connectivity index (χ0) is 13.9. The molecular weight excluding hydrogens is 256 g/mol. The molecule has 0 atom stereocenters. The van der Waals surface area contributed by atoms with Crippen LogP contribution < -0.4 is 5.43 Å². The van der Waals surface area contributed by atoms with E-state index in [0.717, 1.165) is 17.7 Å². The molecule has 1 amide bonds. The van der Waals surface area contributed by atoms with E-state index in [9.17, 15) is 4.79 Å². The van der Waals surface area contributed by atoms with E-state index < -0.39 is 0 Å². The molecule has 0 aromatic carbocycles. The first-order valence-corrected chi connectivity index (χ1v) is 7.98. The molecule has 0 saturated heterocycles. The van der Waals surface area contributed by atoms with Crippen molar-refractivity contribution < 1.29 is 4.79 Å². The number of carbonyl (C=O) groups is 1. The van der Waals surface area contributed by atoms with E-state index in [1.54, 1.807) is 17.6 Å². The second kappa shape index (κ2) is 9.73. The summed E-state index contributed by atoms with van der Waals surface area (Å²) in [5.41, 5.74) is 3.78. The van der Waals surface area contributed by atoms with Crippen molar-refractivity contribution in [3.05, 3.63) is 21.9 Å². The summed E-state index contributed by atoms with van der Waals surface area (Å²) in [4.78, 5) is 12.6. The molecule has 1 aromatic rings. The van der Waals surface area contributed by atoms with Gasteiger partial charge in [0.1, 0.15) is 0 Å². The van der Waals surface area contributed by atoms with Crippen LogP contribution in [0, 0.1) is 6.92 Å². The Balaban J connectivity index is 2.08. The van der Waals surface area contributed by atoms with Crippen molar-refractivity contribution in [3.8, 4) is 0 Å². The molecule has 0 unspecified atom stereocenters. The fraction of sp³-hybridized carbons (Fsp3) is 0.600. The van der Waals surface area contributed by atoms with Crippen LogP contribution in [-0.2, 0) is 4.79 Å². The fourth-order valence-electron chi connectivity index (χ4n) is 1.80. The number of aryl methyl sites for hydroxylation is 1. The molecule has 4 heteroatoms. The van der Waals surface area contributed by atoms with E-state index in [2.05, 4.69) is 17.5 Å². The number of nitrogens with one attached hydrogen (secondary N) is 1. The first kappa shape index (κ1) is 15.9. The number of nitrogens with zero attached hydrogens (tertiary/aromatic N) is 1. The molecule has 106 valence electrons. The lowest BCUT2D eigenvalue weighted by molar-refractivity contribution is -0.121. The summed E-state index contributed by atoms with van der Waals surface area (Å²) in [6.45, 7) is 4.25. The molecule has 0 aliphatic carbocycles. The lowest BCUT2D eigenvalue weighted by Gasteiger charge is -2.00. The summed E-state index contributed by atoms with van der Waals surface area (Å²) in [6.07, 6.45) is 9.48. The van der Waals surface area contributed by atoms with E-state index >= 15 is 0 Å². The third kappa shape index (κ3) is 7.11. The molecule has 1 N–H and O–H groups in total. The summed E-state index contributed by atoms with van der Waals surface area (Å²) in [7, 11) is 0. The summed E-state index contributed by atoms with van der Waals surface area (Å²) in [6, 6.07) is 2.05. The minimum atomic E-state index is 0.0148. The lowest BCUT2D eigenvalue weighted by Crippen LogP contribution is -2.16. The van der Waals surface area contributed by atoms with Gasteiger partial charge in [0.15, 0.2) is 0 Å². The zero-order valence-corrected chi connectivity index (χ0v) is 12.8. The van der Waals surface area contributed by atoms with Crippen molar-refractivity contribution in [1.82, 2.24) is 5.43 Å². The molecule has 1 aromatic heterocycles. The minimum Gasteiger partial charge on any atom is -0.273 e. The molecule has 0 aliphatic heterocycles. The van der Waals surface area contributed by atoms with Crippen LogP contribution in [-0.4, -0.2) is 12.1 Å². The van der Waals surface area contributed by atoms with Crippen LogP contribution in [0.3, 0.4) is 0 Å². The van der Waals surface area contributed by atoms with E-state index in [4.69, 9.17) is 0 Å². The number of hydrazone groups is 1. The monoisotopic (exact) mass is 280 g/mol. The number of amides is 1. The maximum Gasteiger partial charge on any atom is 0.240 e. The van der Waals surface area contributed by atoms with Gasteiger partial charge < -0.3 is 0 Å². The van der Waals surface area contributed by atoms with Gasteiger partial charge in [-0.3, -0.25) is 4.79 Å². The highest BCUT2D eigenvalue weighted by atomic mass is 32.1. The van der Waals surface area contributed by atoms with Crippen molar-refractivity contribution in [2.24, 2.45) is 5.10 Å². The highest BCUT2D eigenvalue weighted by molar-refractivity contribution is 7.11. The van der Waals surface area contributed by atoms with Gasteiger partial charge in [-0.1, -0.05) is 39.0 Å². The maximum absolute atomic E-state index is 11.5. The molecule has 1 heterocycles. The number of hydrogen-bond acceptors (Lipinski definition) is 3. The van der Waals surface area contributed by atoms with Crippen molar-refractivity contribution in [2.45, 2.75) is 58.8 Å². The Morgan fingerprint density at radius 2 is 2.05 bits per heavy atom. The number of thiophene rings is 1. The third-order valence-corrected chi connectivity index (χ3v) is 3.98. The van der Waals surface area contributed by atoms with Gasteiger partial charge in [0.05, 0.1) is 6.21 Å². The van der Waals surface area contributed by atoms with E-state index in [-0.39, 0.29) is 5.91 Å². The number of unbranched alkanes of at least 4 members (excludes halogenated alkanes) is 5. The molecule has 19 heavy (non-hydrogen) atoms. The third-order valence-electron chi connectivity index (χ3n) is 3.03. The van der Waals surface area contributed by atoms with Crippen molar-refractivity contribution >= 4 is 23.5 Å². The molecule has 1 rings (SSSR count). The first-order chi connectivity index (χ1) is 9.24. The molecule has 3 nitrogen and oxygen atoms in total. The minimum absolute atomic E-state index is 0.0148. The summed E-state index contributed by atoms with van der Waals surface area (Å²) < 4.78 is 0. The van der Waals surface area contributed by atoms with Gasteiger partial charge in [0, 0.05) is 11.3 Å². The Labute approximate surface area is 120 Å². The molecule has 0 fully saturated rings. The van der Waals surface area contributed by atoms with Gasteiger partial charge in [0.25, 0.3) is 0 Å². The van der Waals surface area contributed by atoms with E-state index in [0.29, 0.717) is 6.42 Å². The topological polar surface area (TPSA) is 41.5 Å². The smallest absolute Gasteiger partial charge is 0.240 e. The average molecular weight is 280 g/mol. The number of hydrogen-bond donors (Lipinski definition) is 1. The molecule has 0 radical (unpaired) electrons. The second-order valence-electron chi connectivity index (χ2n) is 4.78. The van der Waals surface area contributed by atoms with Gasteiger partial charge in [-0.15, -0.1) is 11.3 Å². The first-order valence-electron chi connectivity index (χ1n) is 7.10. The van der Waals surface area contributed by atoms with Gasteiger partial charge in [0.2, 0.25) is 5.91 Å². The van der Waals surface area contributed by atoms with Gasteiger partial charge in [-0.25, -0.2) is 5.43 Å². The fourth-order valence-corrected chi connectivity index (χ4v) is 2.59. The van der Waals surface area contributed by atoms with Crippen molar-refractivity contribution in [3.63, 3.8) is 0 Å². The normalized spacial score (nSPS) is 11.1. The number of rotatable bonds is 9. The molecule has 0 spiro atoms.